The van der Waals surface area contributed by atoms with Crippen molar-refractivity contribution in [2.45, 2.75) is 17.8 Å². The summed E-state index contributed by atoms with van der Waals surface area (Å²) in [6, 6.07) is 12.3. The van der Waals surface area contributed by atoms with Crippen molar-refractivity contribution in [3.63, 3.8) is 0 Å². The maximum absolute atomic E-state index is 14.1. The first kappa shape index (κ1) is 24.0. The molecule has 0 bridgehead atoms. The minimum atomic E-state index is -0.267. The molecular formula is C24H28FN5O3S. The van der Waals surface area contributed by atoms with Crippen LogP contribution in [0.15, 0.2) is 52.0 Å². The molecule has 0 aliphatic carbocycles. The Morgan fingerprint density at radius 2 is 1.91 bits per heavy atom. The highest BCUT2D eigenvalue weighted by Gasteiger charge is 2.21. The van der Waals surface area contributed by atoms with E-state index < -0.39 is 0 Å². The van der Waals surface area contributed by atoms with Crippen molar-refractivity contribution >= 4 is 29.2 Å². The third-order valence-electron chi connectivity index (χ3n) is 5.44. The number of halogens is 1. The number of nitrogens with one attached hydrogen (secondary N) is 1. The monoisotopic (exact) mass is 485 g/mol. The molecular weight excluding hydrogens is 457 g/mol. The fraction of sp³-hybridized carbons (Fsp3) is 0.375. The van der Waals surface area contributed by atoms with E-state index in [0.717, 1.165) is 24.6 Å². The van der Waals surface area contributed by atoms with Gasteiger partial charge in [0.15, 0.2) is 10.9 Å². The molecule has 3 heterocycles. The van der Waals surface area contributed by atoms with Gasteiger partial charge in [0, 0.05) is 51.6 Å². The molecule has 1 amide bonds. The van der Waals surface area contributed by atoms with Crippen molar-refractivity contribution in [2.75, 3.05) is 56.2 Å². The summed E-state index contributed by atoms with van der Waals surface area (Å²) in [6.45, 7) is 5.74. The molecule has 0 unspecified atom stereocenters. The maximum atomic E-state index is 14.1. The molecule has 10 heteroatoms. The summed E-state index contributed by atoms with van der Waals surface area (Å²) in [6.07, 6.45) is 0. The second-order valence-corrected chi connectivity index (χ2v) is 8.82. The molecule has 1 aliphatic rings. The van der Waals surface area contributed by atoms with E-state index in [9.17, 15) is 9.18 Å². The highest BCUT2D eigenvalue weighted by Crippen LogP contribution is 2.26. The average Bonchev–Trinajstić information content (AvgIpc) is 3.32. The van der Waals surface area contributed by atoms with Crippen molar-refractivity contribution in [1.29, 1.82) is 0 Å². The van der Waals surface area contributed by atoms with Gasteiger partial charge >= 0.3 is 0 Å². The normalized spacial score (nSPS) is 13.9. The van der Waals surface area contributed by atoms with Gasteiger partial charge < -0.3 is 24.3 Å². The van der Waals surface area contributed by atoms with Gasteiger partial charge in [-0.05, 0) is 31.2 Å². The zero-order chi connectivity index (χ0) is 23.9. The smallest absolute Gasteiger partial charge is 0.287 e. The van der Waals surface area contributed by atoms with E-state index in [2.05, 4.69) is 20.1 Å². The lowest BCUT2D eigenvalue weighted by atomic mass is 10.2. The first-order valence-electron chi connectivity index (χ1n) is 11.1. The summed E-state index contributed by atoms with van der Waals surface area (Å²) < 4.78 is 24.7. The van der Waals surface area contributed by atoms with Crippen molar-refractivity contribution < 1.29 is 18.3 Å². The van der Waals surface area contributed by atoms with Crippen LogP contribution in [0.2, 0.25) is 0 Å². The minimum Gasteiger partial charge on any atom is -0.455 e. The van der Waals surface area contributed by atoms with E-state index in [1.54, 1.807) is 25.3 Å². The number of methoxy groups -OCH3 is 1. The van der Waals surface area contributed by atoms with Gasteiger partial charge in [-0.3, -0.25) is 4.79 Å². The molecule has 4 rings (SSSR count). The Balaban J connectivity index is 1.34. The summed E-state index contributed by atoms with van der Waals surface area (Å²) in [5.74, 6) is 1.85. The number of aryl methyl sites for hydroxylation is 1. The molecule has 2 aromatic heterocycles. The summed E-state index contributed by atoms with van der Waals surface area (Å²) in [5, 5.41) is 3.38. The van der Waals surface area contributed by atoms with Crippen LogP contribution in [0.1, 0.15) is 22.0 Å². The van der Waals surface area contributed by atoms with E-state index in [-0.39, 0.29) is 17.5 Å². The molecule has 1 aliphatic heterocycles. The lowest BCUT2D eigenvalue weighted by Gasteiger charge is -2.37. The Hall–Kier alpha value is -3.11. The molecule has 34 heavy (non-hydrogen) atoms. The molecule has 0 atom stereocenters. The van der Waals surface area contributed by atoms with Crippen molar-refractivity contribution in [1.82, 2.24) is 15.3 Å². The average molecular weight is 486 g/mol. The first-order chi connectivity index (χ1) is 16.5. The number of carbonyl (C=O) groups is 1. The van der Waals surface area contributed by atoms with E-state index >= 15 is 0 Å². The number of ether oxygens (including phenoxy) is 1. The van der Waals surface area contributed by atoms with E-state index in [1.807, 2.05) is 25.1 Å². The number of anilines is 2. The number of para-hydroxylation sites is 1. The molecule has 1 N–H and O–H groups in total. The Kier molecular flexibility index (Phi) is 8.02. The maximum Gasteiger partial charge on any atom is 0.287 e. The molecule has 1 saturated heterocycles. The molecule has 1 aromatic carbocycles. The van der Waals surface area contributed by atoms with Crippen molar-refractivity contribution in [3.8, 4) is 0 Å². The van der Waals surface area contributed by atoms with E-state index in [1.165, 1.54) is 17.8 Å². The van der Waals surface area contributed by atoms with E-state index in [4.69, 9.17) is 14.1 Å². The van der Waals surface area contributed by atoms with Gasteiger partial charge in [-0.2, -0.15) is 0 Å². The summed E-state index contributed by atoms with van der Waals surface area (Å²) in [4.78, 5) is 25.6. The van der Waals surface area contributed by atoms with Crippen molar-refractivity contribution in [3.05, 3.63) is 65.5 Å². The van der Waals surface area contributed by atoms with E-state index in [0.29, 0.717) is 48.6 Å². The third kappa shape index (κ3) is 6.06. The second kappa shape index (κ2) is 11.3. The summed E-state index contributed by atoms with van der Waals surface area (Å²) in [7, 11) is 1.58. The van der Waals surface area contributed by atoms with Gasteiger partial charge in [-0.15, -0.1) is 0 Å². The molecule has 0 radical (unpaired) electrons. The highest BCUT2D eigenvalue weighted by molar-refractivity contribution is 7.98. The molecule has 0 saturated carbocycles. The zero-order valence-electron chi connectivity index (χ0n) is 19.3. The van der Waals surface area contributed by atoms with Crippen LogP contribution < -0.4 is 15.1 Å². The molecule has 8 nitrogen and oxygen atoms in total. The lowest BCUT2D eigenvalue weighted by Crippen LogP contribution is -2.47. The number of carbonyl (C=O) groups excluding carboxylic acids is 1. The van der Waals surface area contributed by atoms with Crippen LogP contribution in [0.25, 0.3) is 0 Å². The van der Waals surface area contributed by atoms with Crippen LogP contribution in [-0.2, 0) is 10.5 Å². The van der Waals surface area contributed by atoms with Gasteiger partial charge in [-0.1, -0.05) is 23.9 Å². The minimum absolute atomic E-state index is 0.193. The zero-order valence-corrected chi connectivity index (χ0v) is 20.1. The Morgan fingerprint density at radius 1 is 1.15 bits per heavy atom. The number of benzene rings is 1. The van der Waals surface area contributed by atoms with Gasteiger partial charge in [0.05, 0.1) is 18.0 Å². The molecule has 180 valence electrons. The topological polar surface area (TPSA) is 83.7 Å². The number of furan rings is 1. The number of hydrogen-bond donors (Lipinski definition) is 1. The number of amides is 1. The van der Waals surface area contributed by atoms with Crippen molar-refractivity contribution in [2.24, 2.45) is 0 Å². The van der Waals surface area contributed by atoms with Crippen LogP contribution in [-0.4, -0.2) is 62.3 Å². The predicted octanol–water partition coefficient (Wildman–Crippen LogP) is 3.51. The SMILES string of the molecule is COCCNC(=O)c1ccc(CSc2nc(C)cc(N3CCN(c4ccccc4F)CC3)n2)o1. The Bertz CT molecular complexity index is 1120. The number of thioether (sulfide) groups is 1. The third-order valence-corrected chi connectivity index (χ3v) is 6.31. The van der Waals surface area contributed by atoms with Crippen LogP contribution >= 0.6 is 11.8 Å². The first-order valence-corrected chi connectivity index (χ1v) is 12.1. The number of aromatic nitrogens is 2. The fourth-order valence-electron chi connectivity index (χ4n) is 3.70. The fourth-order valence-corrected chi connectivity index (χ4v) is 4.50. The molecule has 1 fully saturated rings. The molecule has 0 spiro atoms. The lowest BCUT2D eigenvalue weighted by molar-refractivity contribution is 0.0908. The number of piperazine rings is 1. The van der Waals surface area contributed by atoms with Crippen LogP contribution in [0, 0.1) is 12.7 Å². The van der Waals surface area contributed by atoms with Gasteiger partial charge in [0.25, 0.3) is 5.91 Å². The Labute approximate surface area is 202 Å². The summed E-state index contributed by atoms with van der Waals surface area (Å²) in [5.41, 5.74) is 1.52. The predicted molar refractivity (Wildman–Crippen MR) is 130 cm³/mol. The molecule has 3 aromatic rings. The van der Waals surface area contributed by atoms with Crippen LogP contribution in [0.5, 0.6) is 0 Å². The largest absolute Gasteiger partial charge is 0.455 e. The standard InChI is InChI=1S/C24H28FN5O3S/c1-17-15-22(30-12-10-29(11-13-30)20-6-4-3-5-19(20)25)28-24(27-17)34-16-18-7-8-21(33-18)23(31)26-9-14-32-2/h3-8,15H,9-14,16H2,1-2H3,(H,26,31). The quantitative estimate of drug-likeness (QED) is 0.280. The Morgan fingerprint density at radius 3 is 2.68 bits per heavy atom. The highest BCUT2D eigenvalue weighted by atomic mass is 32.2. The number of hydrogen-bond acceptors (Lipinski definition) is 8. The number of nitrogens with zero attached hydrogens (tertiary/aromatic N) is 4. The van der Waals surface area contributed by atoms with Crippen LogP contribution in [0.4, 0.5) is 15.9 Å². The van der Waals surface area contributed by atoms with Gasteiger partial charge in [-0.25, -0.2) is 14.4 Å². The van der Waals surface area contributed by atoms with Crippen LogP contribution in [0.3, 0.4) is 0 Å². The number of rotatable bonds is 9. The van der Waals surface area contributed by atoms with Gasteiger partial charge in [0.2, 0.25) is 0 Å². The summed E-state index contributed by atoms with van der Waals surface area (Å²) >= 11 is 1.46. The van der Waals surface area contributed by atoms with Gasteiger partial charge in [0.1, 0.15) is 17.4 Å². The second-order valence-electron chi connectivity index (χ2n) is 7.88.